The number of fused-ring (bicyclic) bond motifs is 2. The van der Waals surface area contributed by atoms with Gasteiger partial charge in [-0.3, -0.25) is 19.3 Å². The number of likely N-dealkylation sites (tertiary alicyclic amines) is 1. The van der Waals surface area contributed by atoms with E-state index in [0.29, 0.717) is 38.0 Å². The fourth-order valence-electron chi connectivity index (χ4n) is 7.20. The predicted octanol–water partition coefficient (Wildman–Crippen LogP) is 5.77. The molecule has 3 amide bonds. The van der Waals surface area contributed by atoms with E-state index in [2.05, 4.69) is 0 Å². The number of benzene rings is 3. The van der Waals surface area contributed by atoms with E-state index in [0.717, 1.165) is 22.3 Å². The number of carbonyl (C=O) groups is 4. The van der Waals surface area contributed by atoms with Crippen molar-refractivity contribution in [3.05, 3.63) is 101 Å². The Morgan fingerprint density at radius 3 is 2.20 bits per heavy atom. The summed E-state index contributed by atoms with van der Waals surface area (Å²) >= 11 is 0. The number of amides is 3. The van der Waals surface area contributed by atoms with Gasteiger partial charge in [0.15, 0.2) is 0 Å². The van der Waals surface area contributed by atoms with Gasteiger partial charge < -0.3 is 19.3 Å². The first-order chi connectivity index (χ1) is 22.1. The van der Waals surface area contributed by atoms with Crippen LogP contribution in [0, 0.1) is 0 Å². The maximum Gasteiger partial charge on any atom is 0.415 e. The Bertz CT molecular complexity index is 1630. The van der Waals surface area contributed by atoms with Gasteiger partial charge in [-0.15, -0.1) is 0 Å². The molecule has 240 valence electrons. The summed E-state index contributed by atoms with van der Waals surface area (Å²) in [7, 11) is 1.37. The number of methoxy groups -OCH3 is 1. The van der Waals surface area contributed by atoms with Crippen LogP contribution in [0.2, 0.25) is 0 Å². The standard InChI is InChI=1S/C37H41N3O6/c1-37(2,3)46-36(44)40-29-17-11-9-14-25(29)20-32(40)35(43)39-30(24-12-6-5-7-13-24)18-19-31(39)34(42)38-22-26-15-8-10-16-28(26)27(23-38)21-33(41)45-4/h5-17,27,30-32H,18-23H2,1-4H3/t27?,30-,31+,32+/m0/s1. The molecule has 3 aliphatic heterocycles. The number of hydrogen-bond acceptors (Lipinski definition) is 6. The summed E-state index contributed by atoms with van der Waals surface area (Å²) in [6.07, 6.45) is 0.977. The van der Waals surface area contributed by atoms with Crippen LogP contribution >= 0.6 is 0 Å². The van der Waals surface area contributed by atoms with Crippen LogP contribution in [0.1, 0.15) is 74.2 Å². The molecule has 0 saturated carbocycles. The Kier molecular flexibility index (Phi) is 8.59. The minimum atomic E-state index is -0.860. The fraction of sp³-hybridized carbons (Fsp3) is 0.405. The van der Waals surface area contributed by atoms with E-state index < -0.39 is 23.8 Å². The second-order valence-electron chi connectivity index (χ2n) is 13.4. The Balaban J connectivity index is 1.35. The molecule has 0 aromatic heterocycles. The molecular formula is C37H41N3O6. The Hall–Kier alpha value is -4.66. The highest BCUT2D eigenvalue weighted by molar-refractivity contribution is 6.02. The minimum absolute atomic E-state index is 0.155. The van der Waals surface area contributed by atoms with Gasteiger partial charge in [0.2, 0.25) is 11.8 Å². The zero-order valence-corrected chi connectivity index (χ0v) is 26.8. The lowest BCUT2D eigenvalue weighted by molar-refractivity contribution is -0.147. The van der Waals surface area contributed by atoms with Crippen LogP contribution in [0.15, 0.2) is 78.9 Å². The third kappa shape index (κ3) is 6.10. The zero-order chi connectivity index (χ0) is 32.6. The normalized spacial score (nSPS) is 22.2. The van der Waals surface area contributed by atoms with E-state index in [1.54, 1.807) is 30.6 Å². The molecule has 1 unspecified atom stereocenters. The van der Waals surface area contributed by atoms with Gasteiger partial charge in [0.05, 0.1) is 25.3 Å². The fourth-order valence-corrected chi connectivity index (χ4v) is 7.20. The SMILES string of the molecule is COC(=O)CC1CN(C(=O)[C@H]2CC[C@@H](c3ccccc3)N2C(=O)[C@H]2Cc3ccccc3N2C(=O)OC(C)(C)C)Cc2ccccc21. The zero-order valence-electron chi connectivity index (χ0n) is 26.8. The highest BCUT2D eigenvalue weighted by Crippen LogP contribution is 2.42. The molecule has 9 heteroatoms. The van der Waals surface area contributed by atoms with Gasteiger partial charge in [0.1, 0.15) is 17.7 Å². The summed E-state index contributed by atoms with van der Waals surface area (Å²) in [5, 5.41) is 0. The predicted molar refractivity (Wildman–Crippen MR) is 173 cm³/mol. The van der Waals surface area contributed by atoms with Gasteiger partial charge in [-0.2, -0.15) is 0 Å². The van der Waals surface area contributed by atoms with E-state index in [4.69, 9.17) is 9.47 Å². The molecule has 9 nitrogen and oxygen atoms in total. The van der Waals surface area contributed by atoms with E-state index in [9.17, 15) is 19.2 Å². The lowest BCUT2D eigenvalue weighted by atomic mass is 9.87. The second kappa shape index (κ2) is 12.6. The van der Waals surface area contributed by atoms with Gasteiger partial charge in [-0.05, 0) is 61.9 Å². The van der Waals surface area contributed by atoms with Crippen molar-refractivity contribution in [3.63, 3.8) is 0 Å². The summed E-state index contributed by atoms with van der Waals surface area (Å²) in [4.78, 5) is 60.4. The average molecular weight is 624 g/mol. The molecule has 0 bridgehead atoms. The van der Waals surface area contributed by atoms with E-state index >= 15 is 0 Å². The van der Waals surface area contributed by atoms with Crippen LogP contribution in [0.3, 0.4) is 0 Å². The lowest BCUT2D eigenvalue weighted by Crippen LogP contribution is -2.56. The largest absolute Gasteiger partial charge is 0.469 e. The van der Waals surface area contributed by atoms with Crippen molar-refractivity contribution in [2.45, 2.75) is 82.6 Å². The van der Waals surface area contributed by atoms with E-state index in [1.165, 1.54) is 12.0 Å². The van der Waals surface area contributed by atoms with Gasteiger partial charge in [-0.1, -0.05) is 72.8 Å². The van der Waals surface area contributed by atoms with Crippen LogP contribution in [-0.2, 0) is 36.8 Å². The van der Waals surface area contributed by atoms with Crippen LogP contribution < -0.4 is 4.90 Å². The topological polar surface area (TPSA) is 96.5 Å². The molecule has 1 fully saturated rings. The molecule has 0 aliphatic carbocycles. The number of anilines is 1. The third-order valence-corrected chi connectivity index (χ3v) is 9.21. The number of nitrogens with zero attached hydrogens (tertiary/aromatic N) is 3. The van der Waals surface area contributed by atoms with Crippen molar-refractivity contribution >= 4 is 29.6 Å². The first-order valence-corrected chi connectivity index (χ1v) is 16.0. The molecule has 4 atom stereocenters. The first-order valence-electron chi connectivity index (χ1n) is 16.0. The minimum Gasteiger partial charge on any atom is -0.469 e. The van der Waals surface area contributed by atoms with Crippen molar-refractivity contribution in [3.8, 4) is 0 Å². The first kappa shape index (κ1) is 31.3. The number of carbonyl (C=O) groups excluding carboxylic acids is 4. The van der Waals surface area contributed by atoms with Gasteiger partial charge in [-0.25, -0.2) is 4.79 Å². The average Bonchev–Trinajstić information content (AvgIpc) is 3.66. The monoisotopic (exact) mass is 623 g/mol. The van der Waals surface area contributed by atoms with Crippen molar-refractivity contribution in [2.24, 2.45) is 0 Å². The maximum atomic E-state index is 14.9. The summed E-state index contributed by atoms with van der Waals surface area (Å²) in [5.41, 5.74) is 3.73. The molecule has 0 radical (unpaired) electrons. The number of hydrogen-bond donors (Lipinski definition) is 0. The van der Waals surface area contributed by atoms with Gasteiger partial charge >= 0.3 is 12.1 Å². The second-order valence-corrected chi connectivity index (χ2v) is 13.4. The molecule has 6 rings (SSSR count). The lowest BCUT2D eigenvalue weighted by Gasteiger charge is -2.39. The Morgan fingerprint density at radius 1 is 0.804 bits per heavy atom. The van der Waals surface area contributed by atoms with Crippen LogP contribution in [0.5, 0.6) is 0 Å². The molecule has 3 aromatic rings. The smallest absolute Gasteiger partial charge is 0.415 e. The highest BCUT2D eigenvalue weighted by Gasteiger charge is 2.50. The van der Waals surface area contributed by atoms with Crippen molar-refractivity contribution in [1.82, 2.24) is 9.80 Å². The summed E-state index contributed by atoms with van der Waals surface area (Å²) < 4.78 is 10.8. The van der Waals surface area contributed by atoms with E-state index in [-0.39, 0.29) is 36.2 Å². The number of ether oxygens (including phenoxy) is 2. The molecule has 3 aliphatic rings. The molecular weight excluding hydrogens is 582 g/mol. The highest BCUT2D eigenvalue weighted by atomic mass is 16.6. The Labute approximate surface area is 270 Å². The van der Waals surface area contributed by atoms with Gasteiger partial charge in [0.25, 0.3) is 0 Å². The number of esters is 1. The molecule has 3 heterocycles. The van der Waals surface area contributed by atoms with Crippen molar-refractivity contribution in [2.75, 3.05) is 18.6 Å². The van der Waals surface area contributed by atoms with Crippen LogP contribution in [-0.4, -0.2) is 65.0 Å². The van der Waals surface area contributed by atoms with Gasteiger partial charge in [0, 0.05) is 25.4 Å². The maximum absolute atomic E-state index is 14.9. The molecule has 0 spiro atoms. The third-order valence-electron chi connectivity index (χ3n) is 9.21. The molecule has 0 N–H and O–H groups in total. The Morgan fingerprint density at radius 2 is 1.48 bits per heavy atom. The summed E-state index contributed by atoms with van der Waals surface area (Å²) in [6.45, 7) is 6.14. The number of rotatable bonds is 5. The summed E-state index contributed by atoms with van der Waals surface area (Å²) in [5.74, 6) is -0.992. The summed E-state index contributed by atoms with van der Waals surface area (Å²) in [6, 6.07) is 23.2. The van der Waals surface area contributed by atoms with Crippen molar-refractivity contribution in [1.29, 1.82) is 0 Å². The quantitative estimate of drug-likeness (QED) is 0.335. The number of para-hydroxylation sites is 1. The molecule has 46 heavy (non-hydrogen) atoms. The molecule has 1 saturated heterocycles. The molecule has 3 aromatic carbocycles. The van der Waals surface area contributed by atoms with Crippen LogP contribution in [0.25, 0.3) is 0 Å². The van der Waals surface area contributed by atoms with Crippen LogP contribution in [0.4, 0.5) is 10.5 Å². The van der Waals surface area contributed by atoms with E-state index in [1.807, 2.05) is 78.9 Å². The van der Waals surface area contributed by atoms with Crippen molar-refractivity contribution < 1.29 is 28.7 Å².